The molecule has 10 heavy (non-hydrogen) atoms. The molecule has 1 saturated carbocycles. The van der Waals surface area contributed by atoms with Gasteiger partial charge in [0.1, 0.15) is 6.17 Å². The Balaban J connectivity index is 2.47. The first-order chi connectivity index (χ1) is 4.72. The van der Waals surface area contributed by atoms with Crippen LogP contribution in [0.25, 0.3) is 0 Å². The van der Waals surface area contributed by atoms with Gasteiger partial charge in [0.2, 0.25) is 0 Å². The fourth-order valence-electron chi connectivity index (χ4n) is 1.31. The Morgan fingerprint density at radius 1 is 1.40 bits per heavy atom. The van der Waals surface area contributed by atoms with Crippen molar-refractivity contribution in [3.05, 3.63) is 0 Å². The molecule has 60 valence electrons. The van der Waals surface area contributed by atoms with Crippen molar-refractivity contribution in [2.24, 2.45) is 5.14 Å². The highest BCUT2D eigenvalue weighted by molar-refractivity contribution is 7.83. The number of rotatable bonds is 1. The van der Waals surface area contributed by atoms with Gasteiger partial charge in [-0.1, -0.05) is 12.8 Å². The van der Waals surface area contributed by atoms with Gasteiger partial charge in [-0.05, 0) is 12.8 Å². The normalized spacial score (nSPS) is 37.4. The van der Waals surface area contributed by atoms with E-state index in [9.17, 15) is 8.60 Å². The van der Waals surface area contributed by atoms with Gasteiger partial charge in [-0.25, -0.2) is 8.60 Å². The molecule has 1 rings (SSSR count). The maximum Gasteiger partial charge on any atom is 0.116 e. The average molecular weight is 165 g/mol. The van der Waals surface area contributed by atoms with E-state index >= 15 is 0 Å². The number of hydrogen-bond donors (Lipinski definition) is 1. The van der Waals surface area contributed by atoms with Crippen molar-refractivity contribution >= 4 is 11.0 Å². The van der Waals surface area contributed by atoms with E-state index in [0.717, 1.165) is 12.8 Å². The highest BCUT2D eigenvalue weighted by Crippen LogP contribution is 2.23. The largest absolute Gasteiger partial charge is 0.251 e. The van der Waals surface area contributed by atoms with Gasteiger partial charge in [-0.15, -0.1) is 0 Å². The fraction of sp³-hybridized carbons (Fsp3) is 1.00. The maximum absolute atomic E-state index is 12.8. The van der Waals surface area contributed by atoms with E-state index in [1.807, 2.05) is 0 Å². The Hall–Kier alpha value is 0.0400. The molecule has 0 amide bonds. The molecule has 0 bridgehead atoms. The van der Waals surface area contributed by atoms with Gasteiger partial charge in [0.25, 0.3) is 0 Å². The Morgan fingerprint density at radius 2 is 2.00 bits per heavy atom. The molecular formula is C6H12FNOS. The molecule has 0 radical (unpaired) electrons. The highest BCUT2D eigenvalue weighted by Gasteiger charge is 2.27. The molecule has 2 N–H and O–H groups in total. The summed E-state index contributed by atoms with van der Waals surface area (Å²) in [6, 6.07) is 0. The van der Waals surface area contributed by atoms with Crippen LogP contribution in [0.4, 0.5) is 4.39 Å². The van der Waals surface area contributed by atoms with Crippen LogP contribution in [0.15, 0.2) is 0 Å². The van der Waals surface area contributed by atoms with Gasteiger partial charge in [0.15, 0.2) is 0 Å². The van der Waals surface area contributed by atoms with Crippen LogP contribution in [0.1, 0.15) is 25.7 Å². The minimum absolute atomic E-state index is 0.395. The van der Waals surface area contributed by atoms with E-state index in [-0.39, 0.29) is 0 Å². The van der Waals surface area contributed by atoms with E-state index in [0.29, 0.717) is 12.8 Å². The van der Waals surface area contributed by atoms with Crippen molar-refractivity contribution in [1.82, 2.24) is 0 Å². The van der Waals surface area contributed by atoms with Gasteiger partial charge in [0, 0.05) is 0 Å². The van der Waals surface area contributed by atoms with Crippen molar-refractivity contribution in [1.29, 1.82) is 0 Å². The Kier molecular flexibility index (Phi) is 2.80. The molecule has 1 aliphatic rings. The molecule has 0 spiro atoms. The summed E-state index contributed by atoms with van der Waals surface area (Å²) in [6.07, 6.45) is 2.17. The van der Waals surface area contributed by atoms with Crippen LogP contribution in [0.3, 0.4) is 0 Å². The standard InChI is InChI=1S/C6H12FNOS/c7-5-3-1-2-4-6(5)10(8)9/h5-6H,1-4,8H2/t5-,6+,10?/m1/s1. The molecule has 4 heteroatoms. The van der Waals surface area contributed by atoms with Gasteiger partial charge < -0.3 is 0 Å². The first kappa shape index (κ1) is 8.14. The van der Waals surface area contributed by atoms with Crippen LogP contribution in [-0.2, 0) is 11.0 Å². The molecule has 0 aromatic rings. The predicted octanol–water partition coefficient (Wildman–Crippen LogP) is 0.890. The average Bonchev–Trinajstić information content (AvgIpc) is 1.88. The lowest BCUT2D eigenvalue weighted by Crippen LogP contribution is -2.33. The van der Waals surface area contributed by atoms with Crippen molar-refractivity contribution in [2.75, 3.05) is 0 Å². The molecule has 1 fully saturated rings. The van der Waals surface area contributed by atoms with Gasteiger partial charge >= 0.3 is 0 Å². The number of halogens is 1. The van der Waals surface area contributed by atoms with E-state index in [4.69, 9.17) is 5.14 Å². The summed E-state index contributed by atoms with van der Waals surface area (Å²) < 4.78 is 23.5. The Bertz CT molecular complexity index is 142. The van der Waals surface area contributed by atoms with Gasteiger partial charge in [-0.3, -0.25) is 5.14 Å². The molecule has 0 aliphatic heterocycles. The Labute approximate surface area is 62.6 Å². The third-order valence-electron chi connectivity index (χ3n) is 1.92. The fourth-order valence-corrected chi connectivity index (χ4v) is 2.14. The first-order valence-electron chi connectivity index (χ1n) is 3.51. The third-order valence-corrected chi connectivity index (χ3v) is 3.05. The molecule has 0 saturated heterocycles. The predicted molar refractivity (Wildman–Crippen MR) is 39.5 cm³/mol. The van der Waals surface area contributed by atoms with E-state index in [1.54, 1.807) is 0 Å². The molecule has 3 atom stereocenters. The summed E-state index contributed by atoms with van der Waals surface area (Å²) in [4.78, 5) is 0. The van der Waals surface area contributed by atoms with Crippen LogP contribution in [0.2, 0.25) is 0 Å². The molecule has 0 aromatic heterocycles. The smallest absolute Gasteiger partial charge is 0.116 e. The Morgan fingerprint density at radius 3 is 2.40 bits per heavy atom. The van der Waals surface area contributed by atoms with Crippen molar-refractivity contribution in [3.63, 3.8) is 0 Å². The van der Waals surface area contributed by atoms with Crippen LogP contribution in [0.5, 0.6) is 0 Å². The SMILES string of the molecule is NS(=O)[C@H]1CCCC[C@H]1F. The second-order valence-corrected chi connectivity index (χ2v) is 3.93. The summed E-state index contributed by atoms with van der Waals surface area (Å²) in [6.45, 7) is 0. The molecule has 1 unspecified atom stereocenters. The van der Waals surface area contributed by atoms with Crippen LogP contribution in [-0.4, -0.2) is 15.6 Å². The zero-order valence-corrected chi connectivity index (χ0v) is 6.57. The maximum atomic E-state index is 12.8. The topological polar surface area (TPSA) is 43.1 Å². The molecule has 1 aliphatic carbocycles. The van der Waals surface area contributed by atoms with Crippen LogP contribution in [0, 0.1) is 0 Å². The molecular weight excluding hydrogens is 153 g/mol. The monoisotopic (exact) mass is 165 g/mol. The summed E-state index contributed by atoms with van der Waals surface area (Å²) in [5, 5.41) is 4.70. The highest BCUT2D eigenvalue weighted by atomic mass is 32.2. The van der Waals surface area contributed by atoms with Crippen molar-refractivity contribution in [2.45, 2.75) is 37.1 Å². The molecule has 2 nitrogen and oxygen atoms in total. The third kappa shape index (κ3) is 1.76. The second kappa shape index (κ2) is 3.44. The lowest BCUT2D eigenvalue weighted by atomic mass is 9.98. The van der Waals surface area contributed by atoms with Crippen LogP contribution < -0.4 is 5.14 Å². The van der Waals surface area contributed by atoms with Crippen LogP contribution >= 0.6 is 0 Å². The second-order valence-electron chi connectivity index (χ2n) is 2.67. The summed E-state index contributed by atoms with van der Waals surface area (Å²) >= 11 is 0. The first-order valence-corrected chi connectivity index (χ1v) is 4.78. The minimum atomic E-state index is -1.46. The van der Waals surface area contributed by atoms with Crippen molar-refractivity contribution in [3.8, 4) is 0 Å². The van der Waals surface area contributed by atoms with Gasteiger partial charge in [0.05, 0.1) is 16.2 Å². The summed E-state index contributed by atoms with van der Waals surface area (Å²) in [5.74, 6) is 0. The van der Waals surface area contributed by atoms with Crippen molar-refractivity contribution < 1.29 is 8.60 Å². The summed E-state index contributed by atoms with van der Waals surface area (Å²) in [7, 11) is -1.46. The zero-order valence-electron chi connectivity index (χ0n) is 5.75. The van der Waals surface area contributed by atoms with Gasteiger partial charge in [-0.2, -0.15) is 0 Å². The number of nitrogens with two attached hydrogens (primary N) is 1. The van der Waals surface area contributed by atoms with E-state index < -0.39 is 22.4 Å². The molecule has 0 aromatic carbocycles. The van der Waals surface area contributed by atoms with E-state index in [2.05, 4.69) is 0 Å². The van der Waals surface area contributed by atoms with E-state index in [1.165, 1.54) is 0 Å². The summed E-state index contributed by atoms with van der Waals surface area (Å²) in [5.41, 5.74) is 0. The lowest BCUT2D eigenvalue weighted by Gasteiger charge is -2.22. The molecule has 0 heterocycles. The lowest BCUT2D eigenvalue weighted by molar-refractivity contribution is 0.257. The quantitative estimate of drug-likeness (QED) is 0.616. The number of hydrogen-bond acceptors (Lipinski definition) is 1. The zero-order chi connectivity index (χ0) is 7.56. The minimum Gasteiger partial charge on any atom is -0.251 e. The number of alkyl halides is 1.